The second-order valence-electron chi connectivity index (χ2n) is 4.30. The molecular weight excluding hydrogens is 224 g/mol. The molecular formula is C11H16N2O2S. The Balaban J connectivity index is 2.07. The van der Waals surface area contributed by atoms with Gasteiger partial charge in [0.1, 0.15) is 0 Å². The highest BCUT2D eigenvalue weighted by Gasteiger charge is 2.36. The van der Waals surface area contributed by atoms with Gasteiger partial charge in [-0.25, -0.2) is 0 Å². The van der Waals surface area contributed by atoms with E-state index < -0.39 is 5.97 Å². The van der Waals surface area contributed by atoms with Gasteiger partial charge in [0.25, 0.3) is 0 Å². The SMILES string of the molecule is Cn1ccc(C2SCC(CC(=O)O)C2N)c1. The van der Waals surface area contributed by atoms with Crippen molar-refractivity contribution in [2.45, 2.75) is 17.7 Å². The Morgan fingerprint density at radius 3 is 3.06 bits per heavy atom. The molecule has 3 N–H and O–H groups in total. The van der Waals surface area contributed by atoms with Crippen LogP contribution in [0.5, 0.6) is 0 Å². The summed E-state index contributed by atoms with van der Waals surface area (Å²) >= 11 is 1.77. The van der Waals surface area contributed by atoms with Gasteiger partial charge in [-0.3, -0.25) is 4.79 Å². The molecule has 16 heavy (non-hydrogen) atoms. The largest absolute Gasteiger partial charge is 0.481 e. The maximum Gasteiger partial charge on any atom is 0.303 e. The maximum atomic E-state index is 10.7. The third kappa shape index (κ3) is 2.25. The van der Waals surface area contributed by atoms with Crippen LogP contribution in [0.3, 0.4) is 0 Å². The van der Waals surface area contributed by atoms with E-state index in [9.17, 15) is 4.79 Å². The molecule has 2 heterocycles. The maximum absolute atomic E-state index is 10.7. The number of thioether (sulfide) groups is 1. The lowest BCUT2D eigenvalue weighted by atomic mass is 9.94. The van der Waals surface area contributed by atoms with E-state index in [1.807, 2.05) is 17.8 Å². The number of aliphatic carboxylic acids is 1. The highest BCUT2D eigenvalue weighted by Crippen LogP contribution is 2.43. The molecule has 1 aromatic rings. The minimum absolute atomic E-state index is 0.0523. The van der Waals surface area contributed by atoms with Crippen molar-refractivity contribution in [1.82, 2.24) is 4.57 Å². The van der Waals surface area contributed by atoms with E-state index in [0.29, 0.717) is 0 Å². The average Bonchev–Trinajstić information content (AvgIpc) is 2.74. The number of aromatic nitrogens is 1. The summed E-state index contributed by atoms with van der Waals surface area (Å²) < 4.78 is 1.99. The fraction of sp³-hybridized carbons (Fsp3) is 0.545. The molecule has 4 nitrogen and oxygen atoms in total. The molecule has 0 amide bonds. The fourth-order valence-corrected chi connectivity index (χ4v) is 3.70. The standard InChI is InChI=1S/C11H16N2O2S/c1-13-3-2-7(5-13)11-10(12)8(6-16-11)4-9(14)15/h2-3,5,8,10-11H,4,6,12H2,1H3,(H,14,15). The van der Waals surface area contributed by atoms with Crippen molar-refractivity contribution >= 4 is 17.7 Å². The zero-order chi connectivity index (χ0) is 11.7. The molecule has 0 spiro atoms. The highest BCUT2D eigenvalue weighted by molar-refractivity contribution is 7.99. The summed E-state index contributed by atoms with van der Waals surface area (Å²) in [6.45, 7) is 0. The minimum Gasteiger partial charge on any atom is -0.481 e. The van der Waals surface area contributed by atoms with Gasteiger partial charge in [0.05, 0.1) is 6.42 Å². The van der Waals surface area contributed by atoms with E-state index in [4.69, 9.17) is 10.8 Å². The van der Waals surface area contributed by atoms with Crippen molar-refractivity contribution in [3.05, 3.63) is 24.0 Å². The van der Waals surface area contributed by atoms with E-state index in [1.165, 1.54) is 5.56 Å². The van der Waals surface area contributed by atoms with Gasteiger partial charge < -0.3 is 15.4 Å². The van der Waals surface area contributed by atoms with E-state index in [0.717, 1.165) is 5.75 Å². The lowest BCUT2D eigenvalue weighted by molar-refractivity contribution is -0.138. The van der Waals surface area contributed by atoms with Crippen LogP contribution in [0.15, 0.2) is 18.5 Å². The van der Waals surface area contributed by atoms with Crippen molar-refractivity contribution in [3.8, 4) is 0 Å². The Hall–Kier alpha value is -0.940. The Labute approximate surface area is 98.8 Å². The molecule has 3 atom stereocenters. The zero-order valence-corrected chi connectivity index (χ0v) is 9.98. The van der Waals surface area contributed by atoms with Crippen LogP contribution in [0.1, 0.15) is 17.2 Å². The molecule has 3 unspecified atom stereocenters. The van der Waals surface area contributed by atoms with Gasteiger partial charge in [-0.05, 0) is 23.3 Å². The number of hydrogen-bond acceptors (Lipinski definition) is 3. The van der Waals surface area contributed by atoms with Crippen molar-refractivity contribution < 1.29 is 9.90 Å². The first-order chi connectivity index (χ1) is 7.58. The van der Waals surface area contributed by atoms with Crippen molar-refractivity contribution in [1.29, 1.82) is 0 Å². The molecule has 5 heteroatoms. The van der Waals surface area contributed by atoms with Crippen LogP contribution in [-0.4, -0.2) is 27.4 Å². The third-order valence-electron chi connectivity index (χ3n) is 3.00. The number of aryl methyl sites for hydroxylation is 1. The predicted molar refractivity (Wildman–Crippen MR) is 64.3 cm³/mol. The molecule has 1 fully saturated rings. The van der Waals surface area contributed by atoms with Gasteiger partial charge in [0.15, 0.2) is 0 Å². The lowest BCUT2D eigenvalue weighted by Crippen LogP contribution is -2.31. The van der Waals surface area contributed by atoms with Crippen LogP contribution in [0.4, 0.5) is 0 Å². The van der Waals surface area contributed by atoms with Crippen LogP contribution < -0.4 is 5.73 Å². The van der Waals surface area contributed by atoms with Crippen molar-refractivity contribution in [2.24, 2.45) is 18.7 Å². The molecule has 0 saturated carbocycles. The number of carbonyl (C=O) groups is 1. The van der Waals surface area contributed by atoms with E-state index in [-0.39, 0.29) is 23.6 Å². The van der Waals surface area contributed by atoms with Gasteiger partial charge in [-0.15, -0.1) is 0 Å². The van der Waals surface area contributed by atoms with E-state index >= 15 is 0 Å². The van der Waals surface area contributed by atoms with Gasteiger partial charge in [0.2, 0.25) is 0 Å². The second-order valence-corrected chi connectivity index (χ2v) is 5.47. The van der Waals surface area contributed by atoms with Gasteiger partial charge in [-0.1, -0.05) is 0 Å². The minimum atomic E-state index is -0.755. The summed E-state index contributed by atoms with van der Waals surface area (Å²) in [6, 6.07) is 2.00. The Bertz CT molecular complexity index is 391. The topological polar surface area (TPSA) is 68.2 Å². The van der Waals surface area contributed by atoms with Crippen LogP contribution in [0, 0.1) is 5.92 Å². The Kier molecular flexibility index (Phi) is 3.25. The quantitative estimate of drug-likeness (QED) is 0.834. The molecule has 1 aliphatic heterocycles. The first-order valence-corrected chi connectivity index (χ1v) is 6.33. The van der Waals surface area contributed by atoms with Crippen LogP contribution >= 0.6 is 11.8 Å². The summed E-state index contributed by atoms with van der Waals surface area (Å²) in [5.41, 5.74) is 7.32. The number of nitrogens with two attached hydrogens (primary N) is 1. The smallest absolute Gasteiger partial charge is 0.303 e. The first-order valence-electron chi connectivity index (χ1n) is 5.29. The van der Waals surface area contributed by atoms with Gasteiger partial charge in [-0.2, -0.15) is 11.8 Å². The first kappa shape index (κ1) is 11.5. The van der Waals surface area contributed by atoms with Gasteiger partial charge in [0, 0.05) is 30.7 Å². The number of carboxylic acids is 1. The van der Waals surface area contributed by atoms with E-state index in [1.54, 1.807) is 11.8 Å². The highest BCUT2D eigenvalue weighted by atomic mass is 32.2. The number of carboxylic acid groups (broad SMARTS) is 1. The normalized spacial score (nSPS) is 29.5. The average molecular weight is 240 g/mol. The fourth-order valence-electron chi connectivity index (χ4n) is 2.13. The molecule has 2 rings (SSSR count). The molecule has 88 valence electrons. The predicted octanol–water partition coefficient (Wildman–Crippen LogP) is 1.23. The van der Waals surface area contributed by atoms with Crippen molar-refractivity contribution in [3.63, 3.8) is 0 Å². The summed E-state index contributed by atoms with van der Waals surface area (Å²) in [4.78, 5) is 10.7. The molecule has 1 aromatic heterocycles. The molecule has 0 aliphatic carbocycles. The van der Waals surface area contributed by atoms with Crippen molar-refractivity contribution in [2.75, 3.05) is 5.75 Å². The summed E-state index contributed by atoms with van der Waals surface area (Å²) in [5.74, 6) is 0.176. The molecule has 1 saturated heterocycles. The molecule has 0 bridgehead atoms. The van der Waals surface area contributed by atoms with E-state index in [2.05, 4.69) is 12.3 Å². The third-order valence-corrected chi connectivity index (χ3v) is 4.57. The second kappa shape index (κ2) is 4.51. The van der Waals surface area contributed by atoms with Crippen LogP contribution in [-0.2, 0) is 11.8 Å². The number of nitrogens with zero attached hydrogens (tertiary/aromatic N) is 1. The summed E-state index contributed by atoms with van der Waals surface area (Å²) in [7, 11) is 1.98. The Morgan fingerprint density at radius 2 is 2.50 bits per heavy atom. The molecule has 0 radical (unpaired) electrons. The monoisotopic (exact) mass is 240 g/mol. The van der Waals surface area contributed by atoms with Gasteiger partial charge >= 0.3 is 5.97 Å². The lowest BCUT2D eigenvalue weighted by Gasteiger charge is -2.17. The van der Waals surface area contributed by atoms with Crippen LogP contribution in [0.2, 0.25) is 0 Å². The molecule has 0 aromatic carbocycles. The summed E-state index contributed by atoms with van der Waals surface area (Å²) in [6.07, 6.45) is 4.23. The summed E-state index contributed by atoms with van der Waals surface area (Å²) in [5, 5.41) is 9.02. The molecule has 1 aliphatic rings. The zero-order valence-electron chi connectivity index (χ0n) is 9.17. The Morgan fingerprint density at radius 1 is 1.75 bits per heavy atom. The van der Waals surface area contributed by atoms with Crippen LogP contribution in [0.25, 0.3) is 0 Å². The number of rotatable bonds is 3. The number of hydrogen-bond donors (Lipinski definition) is 2.